The van der Waals surface area contributed by atoms with Gasteiger partial charge >= 0.3 is 5.97 Å². The zero-order valence-corrected chi connectivity index (χ0v) is 20.1. The number of carboxylic acid groups (broad SMARTS) is 1. The molecule has 0 amide bonds. The van der Waals surface area contributed by atoms with Crippen molar-refractivity contribution in [2.24, 2.45) is 0 Å². The van der Waals surface area contributed by atoms with Gasteiger partial charge in [-0.05, 0) is 77.7 Å². The Morgan fingerprint density at radius 3 is 2.54 bits per heavy atom. The van der Waals surface area contributed by atoms with Crippen molar-refractivity contribution < 1.29 is 28.2 Å². The highest BCUT2D eigenvalue weighted by Crippen LogP contribution is 2.33. The zero-order chi connectivity index (χ0) is 25.4. The van der Waals surface area contributed by atoms with Crippen LogP contribution in [0.15, 0.2) is 66.7 Å². The van der Waals surface area contributed by atoms with Gasteiger partial charge in [0.05, 0.1) is 7.11 Å². The normalized spacial score (nSPS) is 12.2. The summed E-state index contributed by atoms with van der Waals surface area (Å²) in [7, 11) is 1.62. The third-order valence-electron chi connectivity index (χ3n) is 5.33. The van der Waals surface area contributed by atoms with E-state index >= 15 is 0 Å². The maximum absolute atomic E-state index is 13.6. The highest BCUT2D eigenvalue weighted by atomic mass is 35.5. The van der Waals surface area contributed by atoms with Gasteiger partial charge < -0.3 is 19.9 Å². The Morgan fingerprint density at radius 1 is 1.06 bits per heavy atom. The van der Waals surface area contributed by atoms with E-state index in [1.807, 2.05) is 31.2 Å². The van der Waals surface area contributed by atoms with Gasteiger partial charge in [-0.1, -0.05) is 29.8 Å². The number of aliphatic carboxylic acids is 1. The lowest BCUT2D eigenvalue weighted by Gasteiger charge is -2.16. The van der Waals surface area contributed by atoms with E-state index in [-0.39, 0.29) is 18.2 Å². The molecule has 0 aliphatic carbocycles. The van der Waals surface area contributed by atoms with Gasteiger partial charge in [-0.3, -0.25) is 0 Å². The third kappa shape index (κ3) is 7.53. The van der Waals surface area contributed by atoms with E-state index in [1.54, 1.807) is 31.4 Å². The van der Waals surface area contributed by atoms with Crippen LogP contribution in [-0.2, 0) is 4.79 Å². The summed E-state index contributed by atoms with van der Waals surface area (Å²) in [6.45, 7) is 2.78. The molecule has 3 aromatic carbocycles. The van der Waals surface area contributed by atoms with Crippen LogP contribution in [0, 0.1) is 0 Å². The van der Waals surface area contributed by atoms with Crippen LogP contribution in [0.4, 0.5) is 8.78 Å². The SMILES string of the molecule is COc1cccc([C@@H](C)NCCOc2cc(-c3ccc(Cl)c(/C=C/C(=O)O)c3)cc(C(F)F)c2)c1. The van der Waals surface area contributed by atoms with Gasteiger partial charge in [0.15, 0.2) is 0 Å². The van der Waals surface area contributed by atoms with Crippen LogP contribution in [0.25, 0.3) is 17.2 Å². The number of halogens is 3. The van der Waals surface area contributed by atoms with Gasteiger partial charge in [0.25, 0.3) is 6.43 Å². The summed E-state index contributed by atoms with van der Waals surface area (Å²) in [6.07, 6.45) is -0.353. The first kappa shape index (κ1) is 26.2. The first-order chi connectivity index (χ1) is 16.8. The van der Waals surface area contributed by atoms with Gasteiger partial charge in [-0.2, -0.15) is 0 Å². The lowest BCUT2D eigenvalue weighted by atomic mass is 10.0. The fourth-order valence-electron chi connectivity index (χ4n) is 3.48. The minimum Gasteiger partial charge on any atom is -0.497 e. The van der Waals surface area contributed by atoms with Crippen molar-refractivity contribution in [3.63, 3.8) is 0 Å². The first-order valence-corrected chi connectivity index (χ1v) is 11.3. The second-order valence-corrected chi connectivity index (χ2v) is 8.21. The molecule has 8 heteroatoms. The predicted molar refractivity (Wildman–Crippen MR) is 133 cm³/mol. The Hall–Kier alpha value is -3.42. The number of methoxy groups -OCH3 is 1. The number of hydrogen-bond acceptors (Lipinski definition) is 4. The number of carbonyl (C=O) groups is 1. The molecule has 0 unspecified atom stereocenters. The number of rotatable bonds is 11. The summed E-state index contributed by atoms with van der Waals surface area (Å²) in [5.74, 6) is -0.0325. The quantitative estimate of drug-likeness (QED) is 0.224. The molecular weight excluding hydrogens is 476 g/mol. The summed E-state index contributed by atoms with van der Waals surface area (Å²) in [5.41, 5.74) is 2.47. The second kappa shape index (κ2) is 12.3. The summed E-state index contributed by atoms with van der Waals surface area (Å²) in [4.78, 5) is 10.8. The van der Waals surface area contributed by atoms with Crippen molar-refractivity contribution in [2.45, 2.75) is 19.4 Å². The second-order valence-electron chi connectivity index (χ2n) is 7.80. The summed E-state index contributed by atoms with van der Waals surface area (Å²) in [5, 5.41) is 12.6. The Labute approximate surface area is 208 Å². The molecule has 3 aromatic rings. The Morgan fingerprint density at radius 2 is 1.83 bits per heavy atom. The summed E-state index contributed by atoms with van der Waals surface area (Å²) in [6, 6.07) is 17.1. The molecule has 184 valence electrons. The Bertz CT molecular complexity index is 1200. The molecule has 0 aromatic heterocycles. The van der Waals surface area contributed by atoms with Gasteiger partial charge in [0.1, 0.15) is 18.1 Å². The van der Waals surface area contributed by atoms with Crippen molar-refractivity contribution >= 4 is 23.6 Å². The smallest absolute Gasteiger partial charge is 0.328 e. The molecule has 0 spiro atoms. The van der Waals surface area contributed by atoms with Crippen LogP contribution in [0.1, 0.15) is 36.1 Å². The predicted octanol–water partition coefficient (Wildman–Crippen LogP) is 6.78. The van der Waals surface area contributed by atoms with Crippen LogP contribution in [0.5, 0.6) is 11.5 Å². The molecule has 1 atom stereocenters. The van der Waals surface area contributed by atoms with E-state index in [9.17, 15) is 13.6 Å². The molecule has 2 N–H and O–H groups in total. The van der Waals surface area contributed by atoms with Crippen LogP contribution < -0.4 is 14.8 Å². The van der Waals surface area contributed by atoms with Crippen LogP contribution in [0.2, 0.25) is 5.02 Å². The van der Waals surface area contributed by atoms with Crippen LogP contribution in [-0.4, -0.2) is 31.3 Å². The van der Waals surface area contributed by atoms with E-state index in [2.05, 4.69) is 5.32 Å². The number of carboxylic acids is 1. The molecule has 0 aliphatic heterocycles. The molecule has 5 nitrogen and oxygen atoms in total. The molecule has 0 radical (unpaired) electrons. The molecule has 0 aliphatic rings. The molecule has 0 heterocycles. The first-order valence-electron chi connectivity index (χ1n) is 10.9. The average Bonchev–Trinajstić information content (AvgIpc) is 2.85. The fraction of sp³-hybridized carbons (Fsp3) is 0.222. The van der Waals surface area contributed by atoms with Crippen LogP contribution >= 0.6 is 11.6 Å². The van der Waals surface area contributed by atoms with Crippen molar-refractivity contribution in [1.29, 1.82) is 0 Å². The average molecular weight is 502 g/mol. The van der Waals surface area contributed by atoms with Gasteiger partial charge in [-0.25, -0.2) is 13.6 Å². The number of ether oxygens (including phenoxy) is 2. The third-order valence-corrected chi connectivity index (χ3v) is 5.67. The minimum absolute atomic E-state index is 0.0444. The van der Waals surface area contributed by atoms with Crippen molar-refractivity contribution in [3.8, 4) is 22.6 Å². The van der Waals surface area contributed by atoms with E-state index in [1.165, 1.54) is 18.2 Å². The van der Waals surface area contributed by atoms with E-state index < -0.39 is 12.4 Å². The van der Waals surface area contributed by atoms with Crippen molar-refractivity contribution in [3.05, 3.63) is 88.5 Å². The molecular formula is C27H26ClF2NO4. The standard InChI is InChI=1S/C27H26ClF2NO4/c1-17(18-4-3-5-23(14-18)34-2)31-10-11-35-24-15-21(13-22(16-24)27(29)30)19-6-8-25(28)20(12-19)7-9-26(32)33/h3-9,12-17,27,31H,10-11H2,1-2H3,(H,32,33)/b9-7+/t17-/m1/s1. The molecule has 35 heavy (non-hydrogen) atoms. The highest BCUT2D eigenvalue weighted by Gasteiger charge is 2.13. The lowest BCUT2D eigenvalue weighted by molar-refractivity contribution is -0.131. The molecule has 0 fully saturated rings. The number of hydrogen-bond donors (Lipinski definition) is 2. The van der Waals surface area contributed by atoms with E-state index in [0.29, 0.717) is 34.0 Å². The van der Waals surface area contributed by atoms with Crippen molar-refractivity contribution in [2.75, 3.05) is 20.3 Å². The Balaban J connectivity index is 1.72. The van der Waals surface area contributed by atoms with Crippen LogP contribution in [0.3, 0.4) is 0 Å². The number of benzene rings is 3. The van der Waals surface area contributed by atoms with Crippen molar-refractivity contribution in [1.82, 2.24) is 5.32 Å². The molecule has 0 saturated heterocycles. The number of alkyl halides is 2. The topological polar surface area (TPSA) is 67.8 Å². The van der Waals surface area contributed by atoms with Gasteiger partial charge in [0.2, 0.25) is 0 Å². The van der Waals surface area contributed by atoms with Gasteiger partial charge in [0, 0.05) is 29.2 Å². The van der Waals surface area contributed by atoms with E-state index in [0.717, 1.165) is 17.4 Å². The zero-order valence-electron chi connectivity index (χ0n) is 19.3. The minimum atomic E-state index is -2.68. The summed E-state index contributed by atoms with van der Waals surface area (Å²) < 4.78 is 38.2. The highest BCUT2D eigenvalue weighted by molar-refractivity contribution is 6.32. The monoisotopic (exact) mass is 501 g/mol. The maximum atomic E-state index is 13.6. The van der Waals surface area contributed by atoms with E-state index in [4.69, 9.17) is 26.2 Å². The lowest BCUT2D eigenvalue weighted by Crippen LogP contribution is -2.24. The number of nitrogens with one attached hydrogen (secondary N) is 1. The largest absolute Gasteiger partial charge is 0.497 e. The van der Waals surface area contributed by atoms with Gasteiger partial charge in [-0.15, -0.1) is 0 Å². The Kier molecular flexibility index (Phi) is 9.23. The molecule has 0 bridgehead atoms. The summed E-state index contributed by atoms with van der Waals surface area (Å²) >= 11 is 6.15. The fourth-order valence-corrected chi connectivity index (χ4v) is 3.66. The maximum Gasteiger partial charge on any atom is 0.328 e. The molecule has 0 saturated carbocycles. The molecule has 3 rings (SSSR count).